The number of hydrogen-bond acceptors (Lipinski definition) is 6. The molecule has 2 aliphatic rings. The van der Waals surface area contributed by atoms with Gasteiger partial charge in [-0.25, -0.2) is 9.97 Å². The van der Waals surface area contributed by atoms with Gasteiger partial charge < -0.3 is 15.1 Å². The van der Waals surface area contributed by atoms with Gasteiger partial charge in [-0.15, -0.1) is 11.3 Å². The van der Waals surface area contributed by atoms with Crippen LogP contribution in [0.15, 0.2) is 30.6 Å². The normalized spacial score (nSPS) is 16.9. The van der Waals surface area contributed by atoms with Gasteiger partial charge in [0.1, 0.15) is 17.0 Å². The van der Waals surface area contributed by atoms with Crippen LogP contribution in [0.3, 0.4) is 0 Å². The summed E-state index contributed by atoms with van der Waals surface area (Å²) in [5, 5.41) is 4.02. The highest BCUT2D eigenvalue weighted by Crippen LogP contribution is 2.30. The van der Waals surface area contributed by atoms with Crippen LogP contribution in [-0.4, -0.2) is 52.9 Å². The number of amides is 2. The molecule has 1 fully saturated rings. The smallest absolute Gasteiger partial charge is 0.253 e. The number of hydrogen-bond donors (Lipinski definition) is 1. The average molecular weight is 422 g/mol. The summed E-state index contributed by atoms with van der Waals surface area (Å²) >= 11 is 1.68. The number of carbonyl (C=O) groups is 2. The van der Waals surface area contributed by atoms with E-state index in [-0.39, 0.29) is 11.8 Å². The van der Waals surface area contributed by atoms with E-state index in [2.05, 4.69) is 33.2 Å². The molecular formula is C22H23N5O2S. The van der Waals surface area contributed by atoms with E-state index in [0.717, 1.165) is 53.2 Å². The Kier molecular flexibility index (Phi) is 4.86. The highest BCUT2D eigenvalue weighted by Gasteiger charge is 2.25. The van der Waals surface area contributed by atoms with E-state index in [0.29, 0.717) is 25.1 Å². The molecule has 0 spiro atoms. The van der Waals surface area contributed by atoms with Crippen molar-refractivity contribution in [1.82, 2.24) is 14.9 Å². The van der Waals surface area contributed by atoms with Gasteiger partial charge in [0.05, 0.1) is 5.39 Å². The fourth-order valence-corrected chi connectivity index (χ4v) is 5.07. The summed E-state index contributed by atoms with van der Waals surface area (Å²) in [6.07, 6.45) is 3.77. The number of nitrogens with one attached hydrogen (secondary N) is 1. The van der Waals surface area contributed by atoms with Crippen LogP contribution in [0, 0.1) is 6.92 Å². The van der Waals surface area contributed by atoms with Crippen LogP contribution in [0.25, 0.3) is 10.2 Å². The van der Waals surface area contributed by atoms with E-state index in [4.69, 9.17) is 0 Å². The minimum absolute atomic E-state index is 0.0450. The zero-order chi connectivity index (χ0) is 20.7. The van der Waals surface area contributed by atoms with Gasteiger partial charge in [-0.3, -0.25) is 9.59 Å². The summed E-state index contributed by atoms with van der Waals surface area (Å²) in [6, 6.07) is 7.76. The summed E-state index contributed by atoms with van der Waals surface area (Å²) in [6.45, 7) is 4.88. The first-order valence-electron chi connectivity index (χ1n) is 10.3. The molecule has 1 saturated heterocycles. The quantitative estimate of drug-likeness (QED) is 0.687. The SMILES string of the molecule is Cc1cc2c(N3CCN(C(=O)c4ccc5c(c4)CCCC(=O)N5)CC3)ncnc2s1. The van der Waals surface area contributed by atoms with Gasteiger partial charge in [0, 0.05) is 48.7 Å². The van der Waals surface area contributed by atoms with Gasteiger partial charge in [-0.1, -0.05) is 0 Å². The zero-order valence-corrected chi connectivity index (χ0v) is 17.7. The first-order chi connectivity index (χ1) is 14.6. The molecule has 0 unspecified atom stereocenters. The van der Waals surface area contributed by atoms with Crippen molar-refractivity contribution in [2.75, 3.05) is 36.4 Å². The van der Waals surface area contributed by atoms with Gasteiger partial charge in [0.2, 0.25) is 5.91 Å². The first-order valence-corrected chi connectivity index (χ1v) is 11.1. The van der Waals surface area contributed by atoms with Crippen molar-refractivity contribution in [1.29, 1.82) is 0 Å². The van der Waals surface area contributed by atoms with Crippen LogP contribution in [0.5, 0.6) is 0 Å². The number of aryl methyl sites for hydroxylation is 2. The number of piperazine rings is 1. The number of carbonyl (C=O) groups excluding carboxylic acids is 2. The molecule has 0 radical (unpaired) electrons. The molecule has 2 aliphatic heterocycles. The van der Waals surface area contributed by atoms with E-state index in [1.54, 1.807) is 17.7 Å². The Hall–Kier alpha value is -3.00. The molecule has 2 aromatic heterocycles. The summed E-state index contributed by atoms with van der Waals surface area (Å²) in [5.41, 5.74) is 2.57. The maximum absolute atomic E-state index is 13.1. The van der Waals surface area contributed by atoms with Crippen LogP contribution < -0.4 is 10.2 Å². The van der Waals surface area contributed by atoms with Crippen molar-refractivity contribution in [2.24, 2.45) is 0 Å². The zero-order valence-electron chi connectivity index (χ0n) is 16.9. The third-order valence-corrected chi connectivity index (χ3v) is 6.73. The van der Waals surface area contributed by atoms with Gasteiger partial charge in [0.25, 0.3) is 5.91 Å². The largest absolute Gasteiger partial charge is 0.352 e. The monoisotopic (exact) mass is 421 g/mol. The molecule has 0 bridgehead atoms. The van der Waals surface area contributed by atoms with E-state index >= 15 is 0 Å². The number of thiophene rings is 1. The first kappa shape index (κ1) is 19.0. The van der Waals surface area contributed by atoms with Crippen molar-refractivity contribution in [3.8, 4) is 0 Å². The van der Waals surface area contributed by atoms with Gasteiger partial charge >= 0.3 is 0 Å². The lowest BCUT2D eigenvalue weighted by Gasteiger charge is -2.35. The lowest BCUT2D eigenvalue weighted by atomic mass is 10.0. The Balaban J connectivity index is 1.30. The molecule has 0 atom stereocenters. The molecule has 8 heteroatoms. The van der Waals surface area contributed by atoms with Gasteiger partial charge in [0.15, 0.2) is 0 Å². The molecule has 0 aliphatic carbocycles. The molecule has 7 nitrogen and oxygen atoms in total. The predicted octanol–water partition coefficient (Wildman–Crippen LogP) is 3.24. The number of fused-ring (bicyclic) bond motifs is 2. The third kappa shape index (κ3) is 3.52. The summed E-state index contributed by atoms with van der Waals surface area (Å²) < 4.78 is 0. The molecule has 154 valence electrons. The molecule has 1 N–H and O–H groups in total. The summed E-state index contributed by atoms with van der Waals surface area (Å²) in [7, 11) is 0. The Morgan fingerprint density at radius 2 is 1.93 bits per heavy atom. The maximum Gasteiger partial charge on any atom is 0.253 e. The summed E-state index contributed by atoms with van der Waals surface area (Å²) in [5.74, 6) is 1.05. The van der Waals surface area contributed by atoms with E-state index in [1.807, 2.05) is 23.1 Å². The van der Waals surface area contributed by atoms with Crippen molar-refractivity contribution in [3.63, 3.8) is 0 Å². The number of aromatic nitrogens is 2. The van der Waals surface area contributed by atoms with Gasteiger partial charge in [-0.2, -0.15) is 0 Å². The standard InChI is InChI=1S/C22H23N5O2S/c1-14-11-17-20(23-13-24-21(17)30-14)26-7-9-27(10-8-26)22(29)16-5-6-18-15(12-16)3-2-4-19(28)25-18/h5-6,11-13H,2-4,7-10H2,1H3,(H,25,28). The second kappa shape index (κ2) is 7.68. The van der Waals surface area contributed by atoms with Crippen molar-refractivity contribution < 1.29 is 9.59 Å². The van der Waals surface area contributed by atoms with Gasteiger partial charge in [-0.05, 0) is 49.6 Å². The minimum Gasteiger partial charge on any atom is -0.352 e. The Morgan fingerprint density at radius 3 is 2.77 bits per heavy atom. The molecule has 5 rings (SSSR count). The van der Waals surface area contributed by atoms with Crippen LogP contribution in [0.1, 0.15) is 33.6 Å². The number of nitrogens with zero attached hydrogens (tertiary/aromatic N) is 4. The number of rotatable bonds is 2. The van der Waals surface area contributed by atoms with Crippen molar-refractivity contribution >= 4 is 44.9 Å². The highest BCUT2D eigenvalue weighted by atomic mass is 32.1. The number of benzene rings is 1. The Labute approximate surface area is 178 Å². The fraction of sp³-hybridized carbons (Fsp3) is 0.364. The molecule has 2 amide bonds. The average Bonchev–Trinajstić information content (AvgIpc) is 3.04. The second-order valence-electron chi connectivity index (χ2n) is 7.83. The third-order valence-electron chi connectivity index (χ3n) is 5.77. The molecule has 0 saturated carbocycles. The van der Waals surface area contributed by atoms with E-state index in [1.165, 1.54) is 4.88 Å². The molecule has 4 heterocycles. The molecule has 3 aromatic rings. The van der Waals surface area contributed by atoms with E-state index in [9.17, 15) is 9.59 Å². The lowest BCUT2D eigenvalue weighted by molar-refractivity contribution is -0.116. The second-order valence-corrected chi connectivity index (χ2v) is 9.06. The minimum atomic E-state index is 0.0450. The van der Waals surface area contributed by atoms with Crippen LogP contribution in [-0.2, 0) is 11.2 Å². The topological polar surface area (TPSA) is 78.4 Å². The Morgan fingerprint density at radius 1 is 1.10 bits per heavy atom. The maximum atomic E-state index is 13.1. The Bertz CT molecular complexity index is 1130. The van der Waals surface area contributed by atoms with E-state index < -0.39 is 0 Å². The molecule has 1 aromatic carbocycles. The fourth-order valence-electron chi connectivity index (χ4n) is 4.23. The highest BCUT2D eigenvalue weighted by molar-refractivity contribution is 7.18. The van der Waals surface area contributed by atoms with Crippen LogP contribution in [0.2, 0.25) is 0 Å². The number of anilines is 2. The molecule has 30 heavy (non-hydrogen) atoms. The van der Waals surface area contributed by atoms with Crippen molar-refractivity contribution in [2.45, 2.75) is 26.2 Å². The molecular weight excluding hydrogens is 398 g/mol. The lowest BCUT2D eigenvalue weighted by Crippen LogP contribution is -2.49. The predicted molar refractivity (Wildman–Crippen MR) is 118 cm³/mol. The van der Waals surface area contributed by atoms with Crippen molar-refractivity contribution in [3.05, 3.63) is 46.6 Å². The van der Waals surface area contributed by atoms with Crippen LogP contribution in [0.4, 0.5) is 11.5 Å². The van der Waals surface area contributed by atoms with Crippen LogP contribution >= 0.6 is 11.3 Å². The summed E-state index contributed by atoms with van der Waals surface area (Å²) in [4.78, 5) is 40.1.